The van der Waals surface area contributed by atoms with Gasteiger partial charge in [-0.15, -0.1) is 0 Å². The highest BCUT2D eigenvalue weighted by Crippen LogP contribution is 2.38. The van der Waals surface area contributed by atoms with Crippen molar-refractivity contribution in [2.45, 2.75) is 39.0 Å². The van der Waals surface area contributed by atoms with Crippen LogP contribution in [0.1, 0.15) is 39.0 Å². The van der Waals surface area contributed by atoms with Crippen LogP contribution < -0.4 is 11.1 Å². The first kappa shape index (κ1) is 16.8. The molecule has 112 valence electrons. The topological polar surface area (TPSA) is 75.4 Å². The molecule has 4 nitrogen and oxygen atoms in total. The fourth-order valence-corrected chi connectivity index (χ4v) is 3.32. The van der Waals surface area contributed by atoms with E-state index in [-0.39, 0.29) is 17.9 Å². The van der Waals surface area contributed by atoms with Crippen molar-refractivity contribution in [2.24, 2.45) is 17.1 Å². The average Bonchev–Trinajstić information content (AvgIpc) is 2.43. The lowest BCUT2D eigenvalue weighted by molar-refractivity contribution is -0.132. The van der Waals surface area contributed by atoms with Gasteiger partial charge in [-0.1, -0.05) is 6.92 Å². The van der Waals surface area contributed by atoms with Gasteiger partial charge in [-0.3, -0.25) is 4.79 Å². The van der Waals surface area contributed by atoms with Crippen LogP contribution in [0.5, 0.6) is 0 Å². The van der Waals surface area contributed by atoms with Crippen LogP contribution in [-0.4, -0.2) is 42.2 Å². The van der Waals surface area contributed by atoms with Gasteiger partial charge < -0.3 is 16.2 Å². The molecular weight excluding hydrogens is 260 g/mol. The van der Waals surface area contributed by atoms with E-state index in [0.29, 0.717) is 13.1 Å². The van der Waals surface area contributed by atoms with Crippen LogP contribution in [0, 0.1) is 11.3 Å². The highest BCUT2D eigenvalue weighted by molar-refractivity contribution is 7.99. The lowest BCUT2D eigenvalue weighted by Crippen LogP contribution is -2.48. The summed E-state index contributed by atoms with van der Waals surface area (Å²) >= 11 is 1.77. The molecule has 0 aliphatic heterocycles. The van der Waals surface area contributed by atoms with Crippen molar-refractivity contribution in [3.63, 3.8) is 0 Å². The van der Waals surface area contributed by atoms with E-state index in [1.165, 1.54) is 0 Å². The van der Waals surface area contributed by atoms with Crippen molar-refractivity contribution in [3.8, 4) is 0 Å². The Bertz CT molecular complexity index is 266. The first-order valence-electron chi connectivity index (χ1n) is 7.31. The minimum atomic E-state index is -0.317. The number of carbonyl (C=O) groups is 1. The molecule has 1 fully saturated rings. The van der Waals surface area contributed by atoms with Gasteiger partial charge in [-0.25, -0.2) is 0 Å². The molecule has 0 aromatic heterocycles. The Morgan fingerprint density at radius 1 is 1.42 bits per heavy atom. The maximum atomic E-state index is 12.3. The smallest absolute Gasteiger partial charge is 0.227 e. The van der Waals surface area contributed by atoms with E-state index in [0.717, 1.165) is 49.5 Å². The quantitative estimate of drug-likeness (QED) is 0.590. The zero-order chi connectivity index (χ0) is 14.1. The van der Waals surface area contributed by atoms with Crippen molar-refractivity contribution in [1.82, 2.24) is 5.32 Å². The van der Waals surface area contributed by atoms with Gasteiger partial charge in [0.1, 0.15) is 0 Å². The predicted octanol–water partition coefficient (Wildman–Crippen LogP) is 1.37. The summed E-state index contributed by atoms with van der Waals surface area (Å²) < 4.78 is 0. The second kappa shape index (κ2) is 8.82. The monoisotopic (exact) mass is 288 g/mol. The minimum absolute atomic E-state index is 0.143. The van der Waals surface area contributed by atoms with Gasteiger partial charge in [-0.05, 0) is 43.8 Å². The Morgan fingerprint density at radius 3 is 2.68 bits per heavy atom. The molecule has 1 saturated carbocycles. The molecule has 0 bridgehead atoms. The summed E-state index contributed by atoms with van der Waals surface area (Å²) in [5, 5.41) is 11.7. The predicted molar refractivity (Wildman–Crippen MR) is 81.2 cm³/mol. The molecule has 1 rings (SSSR count). The molecule has 4 N–H and O–H groups in total. The molecule has 0 spiro atoms. The van der Waals surface area contributed by atoms with Gasteiger partial charge in [0, 0.05) is 25.4 Å². The third-order valence-corrected chi connectivity index (χ3v) is 5.15. The minimum Gasteiger partial charge on any atom is -0.396 e. The standard InChI is InChI=1S/C14H28N2O2S/c1-12-3-5-14(11-15,6-4-12)13(18)16-7-10-19-9-2-8-17/h12,17H,2-11,15H2,1H3,(H,16,18). The van der Waals surface area contributed by atoms with Gasteiger partial charge in [-0.2, -0.15) is 11.8 Å². The molecule has 0 saturated heterocycles. The number of carbonyl (C=O) groups excluding carboxylic acids is 1. The van der Waals surface area contributed by atoms with Gasteiger partial charge in [0.25, 0.3) is 0 Å². The van der Waals surface area contributed by atoms with Crippen molar-refractivity contribution >= 4 is 17.7 Å². The summed E-state index contributed by atoms with van der Waals surface area (Å²) in [5.74, 6) is 2.72. The van der Waals surface area contributed by atoms with Crippen molar-refractivity contribution in [3.05, 3.63) is 0 Å². The summed E-state index contributed by atoms with van der Waals surface area (Å²) in [4.78, 5) is 12.3. The first-order chi connectivity index (χ1) is 9.14. The van der Waals surface area contributed by atoms with Crippen LogP contribution in [0.4, 0.5) is 0 Å². The lowest BCUT2D eigenvalue weighted by atomic mass is 9.70. The van der Waals surface area contributed by atoms with Crippen LogP contribution in [0.25, 0.3) is 0 Å². The zero-order valence-electron chi connectivity index (χ0n) is 12.0. The molecule has 1 amide bonds. The number of nitrogens with one attached hydrogen (secondary N) is 1. The molecule has 0 aromatic rings. The number of thioether (sulfide) groups is 1. The number of hydrogen-bond acceptors (Lipinski definition) is 4. The van der Waals surface area contributed by atoms with E-state index in [9.17, 15) is 4.79 Å². The largest absolute Gasteiger partial charge is 0.396 e. The third kappa shape index (κ3) is 5.32. The molecule has 0 unspecified atom stereocenters. The maximum Gasteiger partial charge on any atom is 0.227 e. The summed E-state index contributed by atoms with van der Waals surface area (Å²) in [6.45, 7) is 3.65. The Kier molecular flexibility index (Phi) is 7.80. The fourth-order valence-electron chi connectivity index (χ4n) is 2.53. The van der Waals surface area contributed by atoms with Crippen molar-refractivity contribution < 1.29 is 9.90 Å². The number of nitrogens with two attached hydrogens (primary N) is 1. The molecule has 0 atom stereocenters. The lowest BCUT2D eigenvalue weighted by Gasteiger charge is -2.37. The molecule has 1 aliphatic rings. The number of hydrogen-bond donors (Lipinski definition) is 3. The number of aliphatic hydroxyl groups is 1. The second-order valence-electron chi connectivity index (χ2n) is 5.61. The van der Waals surface area contributed by atoms with Crippen LogP contribution in [0.15, 0.2) is 0 Å². The summed E-state index contributed by atoms with van der Waals surface area (Å²) in [6, 6.07) is 0. The third-order valence-electron chi connectivity index (χ3n) is 4.08. The zero-order valence-corrected chi connectivity index (χ0v) is 12.8. The normalized spacial score (nSPS) is 27.2. The van der Waals surface area contributed by atoms with Gasteiger partial charge in [0.2, 0.25) is 5.91 Å². The average molecular weight is 288 g/mol. The van der Waals surface area contributed by atoms with Crippen molar-refractivity contribution in [2.75, 3.05) is 31.2 Å². The van der Waals surface area contributed by atoms with E-state index in [1.807, 2.05) is 0 Å². The SMILES string of the molecule is CC1CCC(CN)(C(=O)NCCSCCCO)CC1. The van der Waals surface area contributed by atoms with E-state index >= 15 is 0 Å². The molecule has 19 heavy (non-hydrogen) atoms. The van der Waals surface area contributed by atoms with Crippen LogP contribution in [-0.2, 0) is 4.79 Å². The van der Waals surface area contributed by atoms with Crippen LogP contribution in [0.3, 0.4) is 0 Å². The Morgan fingerprint density at radius 2 is 2.11 bits per heavy atom. The number of aliphatic hydroxyl groups excluding tert-OH is 1. The van der Waals surface area contributed by atoms with E-state index in [4.69, 9.17) is 10.8 Å². The van der Waals surface area contributed by atoms with Gasteiger partial charge in [0.05, 0.1) is 5.41 Å². The molecule has 0 heterocycles. The van der Waals surface area contributed by atoms with E-state index in [1.54, 1.807) is 11.8 Å². The Hall–Kier alpha value is -0.260. The fraction of sp³-hybridized carbons (Fsp3) is 0.929. The van der Waals surface area contributed by atoms with Gasteiger partial charge >= 0.3 is 0 Å². The Labute approximate surface area is 120 Å². The summed E-state index contributed by atoms with van der Waals surface area (Å²) in [6.07, 6.45) is 4.89. The highest BCUT2D eigenvalue weighted by atomic mass is 32.2. The van der Waals surface area contributed by atoms with Crippen LogP contribution in [0.2, 0.25) is 0 Å². The van der Waals surface area contributed by atoms with E-state index < -0.39 is 0 Å². The summed E-state index contributed by atoms with van der Waals surface area (Å²) in [7, 11) is 0. The summed E-state index contributed by atoms with van der Waals surface area (Å²) in [5.41, 5.74) is 5.54. The molecule has 0 aromatic carbocycles. The maximum absolute atomic E-state index is 12.3. The Balaban J connectivity index is 2.26. The highest BCUT2D eigenvalue weighted by Gasteiger charge is 2.39. The van der Waals surface area contributed by atoms with Gasteiger partial charge in [0.15, 0.2) is 0 Å². The second-order valence-corrected chi connectivity index (χ2v) is 6.84. The van der Waals surface area contributed by atoms with Crippen molar-refractivity contribution in [1.29, 1.82) is 0 Å². The molecular formula is C14H28N2O2S. The number of rotatable bonds is 8. The van der Waals surface area contributed by atoms with E-state index in [2.05, 4.69) is 12.2 Å². The van der Waals surface area contributed by atoms with Crippen LogP contribution >= 0.6 is 11.8 Å². The molecule has 5 heteroatoms. The first-order valence-corrected chi connectivity index (χ1v) is 8.47. The molecule has 1 aliphatic carbocycles. The molecule has 0 radical (unpaired) electrons. The number of amides is 1.